The minimum absolute atomic E-state index is 0.0333. The molecule has 0 saturated carbocycles. The summed E-state index contributed by atoms with van der Waals surface area (Å²) in [5.41, 5.74) is 20.8. The number of piperidine rings is 1. The van der Waals surface area contributed by atoms with Crippen LogP contribution in [-0.4, -0.2) is 64.3 Å². The highest BCUT2D eigenvalue weighted by atomic mass is 16.5. The predicted molar refractivity (Wildman–Crippen MR) is 175 cm³/mol. The molecule has 7 N–H and O–H groups in total. The number of carbonyl (C=O) groups excluding carboxylic acids is 1. The van der Waals surface area contributed by atoms with E-state index in [0.29, 0.717) is 46.7 Å². The number of rotatable bonds is 16. The van der Waals surface area contributed by atoms with Gasteiger partial charge in [0.05, 0.1) is 25.5 Å². The number of esters is 1. The summed E-state index contributed by atoms with van der Waals surface area (Å²) >= 11 is 0. The first kappa shape index (κ1) is 33.7. The van der Waals surface area contributed by atoms with E-state index in [0.717, 1.165) is 51.7 Å². The first-order valence-corrected chi connectivity index (χ1v) is 16.0. The second-order valence-electron chi connectivity index (χ2n) is 12.1. The van der Waals surface area contributed by atoms with Gasteiger partial charge in [0, 0.05) is 30.4 Å². The first-order chi connectivity index (χ1) is 21.7. The Kier molecular flexibility index (Phi) is 12.1. The lowest BCUT2D eigenvalue weighted by Gasteiger charge is -2.32. The van der Waals surface area contributed by atoms with Crippen LogP contribution in [0.5, 0.6) is 11.6 Å². The number of phenols is 1. The lowest BCUT2D eigenvalue weighted by molar-refractivity contribution is -0.144. The molecule has 1 aromatic carbocycles. The molecule has 12 nitrogen and oxygen atoms in total. The molecule has 0 amide bonds. The SMILES string of the molecule is COC(=O)C(c1cc(OCCCCCCCCN2CCC(n3nc(N)c(N)c3/C=C(\N)c3ccccc3O)CC2)no1)C(C)C. The van der Waals surface area contributed by atoms with E-state index in [-0.39, 0.29) is 23.7 Å². The van der Waals surface area contributed by atoms with Gasteiger partial charge in [-0.3, -0.25) is 9.48 Å². The third kappa shape index (κ3) is 8.93. The minimum Gasteiger partial charge on any atom is -0.507 e. The maximum atomic E-state index is 12.0. The molecular weight excluding hydrogens is 574 g/mol. The molecule has 0 radical (unpaired) electrons. The van der Waals surface area contributed by atoms with Gasteiger partial charge >= 0.3 is 5.97 Å². The number of hydrogen-bond acceptors (Lipinski definition) is 11. The van der Waals surface area contributed by atoms with Crippen molar-refractivity contribution in [2.24, 2.45) is 11.7 Å². The molecule has 1 unspecified atom stereocenters. The molecule has 45 heavy (non-hydrogen) atoms. The summed E-state index contributed by atoms with van der Waals surface area (Å²) in [5, 5.41) is 18.7. The summed E-state index contributed by atoms with van der Waals surface area (Å²) in [6, 6.07) is 8.82. The number of nitrogens with zero attached hydrogens (tertiary/aromatic N) is 4. The van der Waals surface area contributed by atoms with Crippen molar-refractivity contribution in [3.05, 3.63) is 47.3 Å². The lowest BCUT2D eigenvalue weighted by Crippen LogP contribution is -2.35. The minimum atomic E-state index is -0.487. The summed E-state index contributed by atoms with van der Waals surface area (Å²) in [5.74, 6) is 0.500. The molecule has 1 aliphatic rings. The maximum absolute atomic E-state index is 12.0. The van der Waals surface area contributed by atoms with Crippen molar-refractivity contribution in [2.45, 2.75) is 77.2 Å². The highest BCUT2D eigenvalue weighted by molar-refractivity contribution is 5.86. The summed E-state index contributed by atoms with van der Waals surface area (Å²) in [7, 11) is 1.37. The van der Waals surface area contributed by atoms with Crippen LogP contribution >= 0.6 is 0 Å². The van der Waals surface area contributed by atoms with Gasteiger partial charge in [-0.15, -0.1) is 0 Å². The van der Waals surface area contributed by atoms with Crippen molar-refractivity contribution >= 4 is 29.2 Å². The van der Waals surface area contributed by atoms with Crippen LogP contribution in [0.25, 0.3) is 11.8 Å². The second-order valence-corrected chi connectivity index (χ2v) is 12.1. The number of aromatic nitrogens is 3. The average molecular weight is 624 g/mol. The van der Waals surface area contributed by atoms with Gasteiger partial charge in [-0.25, -0.2) is 0 Å². The van der Waals surface area contributed by atoms with Crippen molar-refractivity contribution in [2.75, 3.05) is 44.8 Å². The number of unbranched alkanes of at least 4 members (excludes halogenated alkanes) is 5. The Labute approximate surface area is 265 Å². The highest BCUT2D eigenvalue weighted by Crippen LogP contribution is 2.32. The number of benzene rings is 1. The Bertz CT molecular complexity index is 1410. The standard InChI is InChI=1S/C33H49N7O5/c1-22(2)30(33(42)43-3)28-21-29(38-45-28)44-19-11-7-5-4-6-10-16-39-17-14-23(15-18-39)40-26(31(35)32(36)37-40)20-25(34)24-12-8-9-13-27(24)41/h8-9,12-13,20-23,30,41H,4-7,10-11,14-19,34-35H2,1-3H3,(H2,36,37)/b25-20-. The van der Waals surface area contributed by atoms with E-state index in [1.54, 1.807) is 30.3 Å². The highest BCUT2D eigenvalue weighted by Gasteiger charge is 2.29. The summed E-state index contributed by atoms with van der Waals surface area (Å²) < 4.78 is 17.9. The quantitative estimate of drug-likeness (QED) is 0.122. The van der Waals surface area contributed by atoms with Crippen molar-refractivity contribution in [1.29, 1.82) is 0 Å². The van der Waals surface area contributed by atoms with Crippen LogP contribution in [-0.2, 0) is 9.53 Å². The Morgan fingerprint density at radius 3 is 2.49 bits per heavy atom. The molecule has 1 aliphatic heterocycles. The molecular formula is C33H49N7O5. The van der Waals surface area contributed by atoms with E-state index >= 15 is 0 Å². The van der Waals surface area contributed by atoms with Crippen LogP contribution < -0.4 is 21.9 Å². The maximum Gasteiger partial charge on any atom is 0.316 e. The van der Waals surface area contributed by atoms with Crippen molar-refractivity contribution < 1.29 is 23.9 Å². The Hall–Kier alpha value is -4.19. The van der Waals surface area contributed by atoms with Crippen LogP contribution in [0.2, 0.25) is 0 Å². The molecule has 4 rings (SSSR count). The molecule has 12 heteroatoms. The number of methoxy groups -OCH3 is 1. The number of nitrogens with two attached hydrogens (primary N) is 3. The number of hydrogen-bond donors (Lipinski definition) is 4. The first-order valence-electron chi connectivity index (χ1n) is 16.0. The fourth-order valence-corrected chi connectivity index (χ4v) is 5.88. The number of likely N-dealkylation sites (tertiary alicyclic amines) is 1. The molecule has 1 fully saturated rings. The van der Waals surface area contributed by atoms with Crippen LogP contribution in [0, 0.1) is 5.92 Å². The summed E-state index contributed by atoms with van der Waals surface area (Å²) in [6.45, 7) is 7.51. The third-order valence-corrected chi connectivity index (χ3v) is 8.48. The molecule has 0 spiro atoms. The zero-order chi connectivity index (χ0) is 32.3. The Morgan fingerprint density at radius 2 is 1.80 bits per heavy atom. The van der Waals surface area contributed by atoms with Gasteiger partial charge in [0.1, 0.15) is 17.4 Å². The number of para-hydroxylation sites is 1. The number of anilines is 2. The van der Waals surface area contributed by atoms with Gasteiger partial charge in [-0.05, 0) is 61.5 Å². The van der Waals surface area contributed by atoms with Crippen molar-refractivity contribution in [1.82, 2.24) is 19.8 Å². The predicted octanol–water partition coefficient (Wildman–Crippen LogP) is 5.17. The summed E-state index contributed by atoms with van der Waals surface area (Å²) in [6.07, 6.45) is 10.4. The smallest absolute Gasteiger partial charge is 0.316 e. The van der Waals surface area contributed by atoms with Crippen LogP contribution in [0.15, 0.2) is 34.9 Å². The van der Waals surface area contributed by atoms with E-state index in [1.807, 2.05) is 24.6 Å². The van der Waals surface area contributed by atoms with Gasteiger partial charge in [0.15, 0.2) is 11.6 Å². The second kappa shape index (κ2) is 16.2. The normalized spacial score (nSPS) is 15.4. The topological polar surface area (TPSA) is 181 Å². The monoisotopic (exact) mass is 623 g/mol. The molecule has 2 aromatic heterocycles. The number of carbonyl (C=O) groups is 1. The third-order valence-electron chi connectivity index (χ3n) is 8.48. The van der Waals surface area contributed by atoms with E-state index in [2.05, 4.69) is 15.2 Å². The van der Waals surface area contributed by atoms with Crippen molar-refractivity contribution in [3.8, 4) is 11.6 Å². The van der Waals surface area contributed by atoms with E-state index in [9.17, 15) is 9.90 Å². The van der Waals surface area contributed by atoms with Gasteiger partial charge in [-0.1, -0.05) is 51.7 Å². The van der Waals surface area contributed by atoms with Crippen LogP contribution in [0.1, 0.15) is 94.2 Å². The Balaban J connectivity index is 1.12. The molecule has 3 heterocycles. The van der Waals surface area contributed by atoms with E-state index < -0.39 is 5.92 Å². The number of aromatic hydroxyl groups is 1. The largest absolute Gasteiger partial charge is 0.507 e. The van der Waals surface area contributed by atoms with Gasteiger partial charge in [0.25, 0.3) is 5.88 Å². The zero-order valence-corrected chi connectivity index (χ0v) is 26.8. The number of ether oxygens (including phenoxy) is 2. The van der Waals surface area contributed by atoms with Gasteiger partial charge in [-0.2, -0.15) is 5.10 Å². The van der Waals surface area contributed by atoms with Crippen LogP contribution in [0.3, 0.4) is 0 Å². The lowest BCUT2D eigenvalue weighted by atomic mass is 9.93. The molecule has 1 saturated heterocycles. The fraction of sp³-hybridized carbons (Fsp3) is 0.545. The number of phenolic OH excluding ortho intramolecular Hbond substituents is 1. The molecule has 3 aromatic rings. The van der Waals surface area contributed by atoms with Crippen molar-refractivity contribution in [3.63, 3.8) is 0 Å². The molecule has 1 atom stereocenters. The Morgan fingerprint density at radius 1 is 1.11 bits per heavy atom. The van der Waals surface area contributed by atoms with Gasteiger partial charge in [0.2, 0.25) is 0 Å². The van der Waals surface area contributed by atoms with E-state index in [4.69, 9.17) is 31.2 Å². The van der Waals surface area contributed by atoms with Gasteiger partial charge < -0.3 is 41.2 Å². The molecule has 246 valence electrons. The van der Waals surface area contributed by atoms with E-state index in [1.165, 1.54) is 26.4 Å². The summed E-state index contributed by atoms with van der Waals surface area (Å²) in [4.78, 5) is 14.6. The fourth-order valence-electron chi connectivity index (χ4n) is 5.88. The number of nitrogen functional groups attached to an aromatic ring is 2. The molecule has 0 bridgehead atoms. The average Bonchev–Trinajstić information content (AvgIpc) is 3.60. The zero-order valence-electron chi connectivity index (χ0n) is 26.8. The van der Waals surface area contributed by atoms with Crippen LogP contribution in [0.4, 0.5) is 11.5 Å². The molecule has 0 aliphatic carbocycles.